The lowest BCUT2D eigenvalue weighted by molar-refractivity contribution is 0.0658. The molecule has 1 aliphatic rings. The molecule has 116 valence electrons. The van der Waals surface area contributed by atoms with Gasteiger partial charge in [-0.05, 0) is 36.4 Å². The maximum absolute atomic E-state index is 12.3. The second-order valence-electron chi connectivity index (χ2n) is 5.44. The number of carbonyl (C=O) groups is 3. The van der Waals surface area contributed by atoms with Crippen LogP contribution < -0.4 is 4.90 Å². The normalized spacial score (nSPS) is 13.2. The first kappa shape index (κ1) is 15.0. The van der Waals surface area contributed by atoms with E-state index in [1.54, 1.807) is 36.4 Å². The molecular formula is C18H16N2O3. The molecule has 2 aromatic carbocycles. The van der Waals surface area contributed by atoms with Gasteiger partial charge in [-0.2, -0.15) is 0 Å². The van der Waals surface area contributed by atoms with Gasteiger partial charge in [-0.25, -0.2) is 0 Å². The molecule has 1 aliphatic heterocycles. The van der Waals surface area contributed by atoms with Crippen LogP contribution >= 0.6 is 0 Å². The highest BCUT2D eigenvalue weighted by Gasteiger charge is 2.34. The van der Waals surface area contributed by atoms with Crippen molar-refractivity contribution in [2.24, 2.45) is 0 Å². The topological polar surface area (TPSA) is 57.7 Å². The van der Waals surface area contributed by atoms with Crippen molar-refractivity contribution in [1.82, 2.24) is 4.90 Å². The summed E-state index contributed by atoms with van der Waals surface area (Å²) in [6.07, 6.45) is 0.794. The van der Waals surface area contributed by atoms with Crippen molar-refractivity contribution in [2.75, 3.05) is 25.0 Å². The number of hydrogen-bond donors (Lipinski definition) is 0. The molecule has 23 heavy (non-hydrogen) atoms. The molecule has 1 heterocycles. The van der Waals surface area contributed by atoms with Gasteiger partial charge in [0.25, 0.3) is 11.8 Å². The monoisotopic (exact) mass is 308 g/mol. The number of rotatable bonds is 5. The molecule has 0 bridgehead atoms. The Kier molecular flexibility index (Phi) is 3.93. The highest BCUT2D eigenvalue weighted by Crippen LogP contribution is 2.22. The van der Waals surface area contributed by atoms with E-state index in [1.165, 1.54) is 4.90 Å². The smallest absolute Gasteiger partial charge is 0.261 e. The van der Waals surface area contributed by atoms with Crippen LogP contribution in [0.15, 0.2) is 48.5 Å². The van der Waals surface area contributed by atoms with Crippen molar-refractivity contribution < 1.29 is 14.4 Å². The molecule has 0 unspecified atom stereocenters. The van der Waals surface area contributed by atoms with Gasteiger partial charge in [-0.15, -0.1) is 0 Å². The average Bonchev–Trinajstić information content (AvgIpc) is 2.84. The first-order chi connectivity index (χ1) is 11.1. The van der Waals surface area contributed by atoms with Gasteiger partial charge >= 0.3 is 0 Å². The van der Waals surface area contributed by atoms with Crippen molar-refractivity contribution >= 4 is 23.8 Å². The quantitative estimate of drug-likeness (QED) is 0.628. The van der Waals surface area contributed by atoms with Gasteiger partial charge < -0.3 is 4.90 Å². The molecule has 3 rings (SSSR count). The molecule has 0 aromatic heterocycles. The Labute approximate surface area is 134 Å². The van der Waals surface area contributed by atoms with Crippen molar-refractivity contribution in [3.05, 3.63) is 65.2 Å². The number of nitrogens with zero attached hydrogens (tertiary/aromatic N) is 2. The summed E-state index contributed by atoms with van der Waals surface area (Å²) in [7, 11) is 1.88. The second kappa shape index (κ2) is 6.04. The molecule has 0 saturated heterocycles. The van der Waals surface area contributed by atoms with Crippen LogP contribution in [0.2, 0.25) is 0 Å². The van der Waals surface area contributed by atoms with E-state index in [1.807, 2.05) is 24.1 Å². The SMILES string of the molecule is CN(CCN1C(=O)c2ccccc2C1=O)c1ccc(C=O)cc1. The zero-order valence-corrected chi connectivity index (χ0v) is 12.7. The molecule has 0 spiro atoms. The van der Waals surface area contributed by atoms with Crippen LogP contribution in [0.3, 0.4) is 0 Å². The summed E-state index contributed by atoms with van der Waals surface area (Å²) in [5, 5.41) is 0. The van der Waals surface area contributed by atoms with Crippen LogP contribution in [-0.4, -0.2) is 43.1 Å². The molecular weight excluding hydrogens is 292 g/mol. The summed E-state index contributed by atoms with van der Waals surface area (Å²) < 4.78 is 0. The predicted molar refractivity (Wildman–Crippen MR) is 86.9 cm³/mol. The Hall–Kier alpha value is -2.95. The van der Waals surface area contributed by atoms with Crippen molar-refractivity contribution in [2.45, 2.75) is 0 Å². The molecule has 0 aliphatic carbocycles. The first-order valence-electron chi connectivity index (χ1n) is 7.33. The molecule has 0 radical (unpaired) electrons. The lowest BCUT2D eigenvalue weighted by Crippen LogP contribution is -2.37. The maximum atomic E-state index is 12.3. The number of imide groups is 1. The number of benzene rings is 2. The van der Waals surface area contributed by atoms with Gasteiger partial charge in [0, 0.05) is 31.4 Å². The third-order valence-electron chi connectivity index (χ3n) is 4.01. The average molecular weight is 308 g/mol. The van der Waals surface area contributed by atoms with Crippen LogP contribution in [0.25, 0.3) is 0 Å². The minimum absolute atomic E-state index is 0.240. The molecule has 2 aromatic rings. The number of aldehydes is 1. The van der Waals surface area contributed by atoms with E-state index in [0.717, 1.165) is 12.0 Å². The third-order valence-corrected chi connectivity index (χ3v) is 4.01. The van der Waals surface area contributed by atoms with Crippen LogP contribution in [0.5, 0.6) is 0 Å². The minimum Gasteiger partial charge on any atom is -0.373 e. The summed E-state index contributed by atoms with van der Waals surface area (Å²) in [5.41, 5.74) is 2.47. The lowest BCUT2D eigenvalue weighted by atomic mass is 10.1. The second-order valence-corrected chi connectivity index (χ2v) is 5.44. The lowest BCUT2D eigenvalue weighted by Gasteiger charge is -2.22. The molecule has 5 nitrogen and oxygen atoms in total. The summed E-state index contributed by atoms with van der Waals surface area (Å²) >= 11 is 0. The van der Waals surface area contributed by atoms with Gasteiger partial charge in [0.15, 0.2) is 0 Å². The van der Waals surface area contributed by atoms with E-state index < -0.39 is 0 Å². The highest BCUT2D eigenvalue weighted by atomic mass is 16.2. The fourth-order valence-corrected chi connectivity index (χ4v) is 2.63. The van der Waals surface area contributed by atoms with Crippen LogP contribution in [0.4, 0.5) is 5.69 Å². The molecule has 0 N–H and O–H groups in total. The van der Waals surface area contributed by atoms with Crippen molar-refractivity contribution in [1.29, 1.82) is 0 Å². The predicted octanol–water partition coefficient (Wildman–Crippen LogP) is 2.23. The Morgan fingerprint density at radius 3 is 2.04 bits per heavy atom. The fraction of sp³-hybridized carbons (Fsp3) is 0.167. The van der Waals surface area contributed by atoms with Gasteiger partial charge in [0.05, 0.1) is 11.1 Å². The number of carbonyl (C=O) groups excluding carboxylic acids is 3. The van der Waals surface area contributed by atoms with Gasteiger partial charge in [-0.3, -0.25) is 19.3 Å². The van der Waals surface area contributed by atoms with E-state index in [-0.39, 0.29) is 11.8 Å². The minimum atomic E-state index is -0.240. The summed E-state index contributed by atoms with van der Waals surface area (Å²) in [5.74, 6) is -0.481. The van der Waals surface area contributed by atoms with E-state index >= 15 is 0 Å². The number of hydrogen-bond acceptors (Lipinski definition) is 4. The molecule has 2 amide bonds. The number of amides is 2. The molecule has 0 saturated carbocycles. The fourth-order valence-electron chi connectivity index (χ4n) is 2.63. The van der Waals surface area contributed by atoms with Gasteiger partial charge in [-0.1, -0.05) is 12.1 Å². The Bertz CT molecular complexity index is 733. The third kappa shape index (κ3) is 2.73. The summed E-state index contributed by atoms with van der Waals surface area (Å²) in [4.78, 5) is 38.5. The Balaban J connectivity index is 1.68. The Morgan fingerprint density at radius 2 is 1.52 bits per heavy atom. The number of likely N-dealkylation sites (N-methyl/N-ethyl adjacent to an activating group) is 1. The number of fused-ring (bicyclic) bond motifs is 1. The van der Waals surface area contributed by atoms with Crippen molar-refractivity contribution in [3.8, 4) is 0 Å². The zero-order valence-electron chi connectivity index (χ0n) is 12.7. The molecule has 0 fully saturated rings. The van der Waals surface area contributed by atoms with Crippen LogP contribution in [0, 0.1) is 0 Å². The highest BCUT2D eigenvalue weighted by molar-refractivity contribution is 6.21. The van der Waals surface area contributed by atoms with E-state index in [9.17, 15) is 14.4 Å². The van der Waals surface area contributed by atoms with Crippen molar-refractivity contribution in [3.63, 3.8) is 0 Å². The van der Waals surface area contributed by atoms with E-state index in [2.05, 4.69) is 0 Å². The standard InChI is InChI=1S/C18H16N2O3/c1-19(14-8-6-13(12-21)7-9-14)10-11-20-17(22)15-4-2-3-5-16(15)18(20)23/h2-9,12H,10-11H2,1H3. The van der Waals surface area contributed by atoms with Gasteiger partial charge in [0.2, 0.25) is 0 Å². The summed E-state index contributed by atoms with van der Waals surface area (Å²) in [6, 6.07) is 14.0. The van der Waals surface area contributed by atoms with Crippen LogP contribution in [0.1, 0.15) is 31.1 Å². The van der Waals surface area contributed by atoms with E-state index in [4.69, 9.17) is 0 Å². The first-order valence-corrected chi connectivity index (χ1v) is 7.33. The van der Waals surface area contributed by atoms with E-state index in [0.29, 0.717) is 29.8 Å². The number of anilines is 1. The Morgan fingerprint density at radius 1 is 0.957 bits per heavy atom. The summed E-state index contributed by atoms with van der Waals surface area (Å²) in [6.45, 7) is 0.837. The molecule has 5 heteroatoms. The largest absolute Gasteiger partial charge is 0.373 e. The maximum Gasteiger partial charge on any atom is 0.261 e. The van der Waals surface area contributed by atoms with Gasteiger partial charge in [0.1, 0.15) is 6.29 Å². The molecule has 0 atom stereocenters. The van der Waals surface area contributed by atoms with Crippen LogP contribution in [-0.2, 0) is 0 Å². The zero-order chi connectivity index (χ0) is 16.4.